The summed E-state index contributed by atoms with van der Waals surface area (Å²) in [6, 6.07) is 13.4. The Hall–Kier alpha value is -2.56. The first kappa shape index (κ1) is 28.0. The molecule has 4 bridgehead atoms. The second-order valence-corrected chi connectivity index (χ2v) is 12.9. The molecule has 2 amide bonds. The van der Waals surface area contributed by atoms with E-state index in [1.807, 2.05) is 24.3 Å². The zero-order chi connectivity index (χ0) is 27.1. The van der Waals surface area contributed by atoms with Gasteiger partial charge in [0.05, 0.1) is 0 Å². The summed E-state index contributed by atoms with van der Waals surface area (Å²) in [6.45, 7) is 2.46. The SMILES string of the molecule is CCCCCCCCCCC(NC(=O)NC12CC3CC(CC(C3)C1)C2)C(=O)OCc1cccc2ccccc12. The lowest BCUT2D eigenvalue weighted by Gasteiger charge is -2.56. The van der Waals surface area contributed by atoms with Crippen molar-refractivity contribution in [3.8, 4) is 0 Å². The number of benzene rings is 2. The number of ether oxygens (including phenoxy) is 1. The molecule has 0 heterocycles. The molecular formula is C34H48N2O3. The molecule has 212 valence electrons. The number of fused-ring (bicyclic) bond motifs is 1. The molecule has 0 radical (unpaired) electrons. The first-order chi connectivity index (χ1) is 19.0. The molecule has 4 fully saturated rings. The molecule has 4 aliphatic rings. The third kappa shape index (κ3) is 7.35. The number of hydrogen-bond acceptors (Lipinski definition) is 3. The fraction of sp³-hybridized carbons (Fsp3) is 0.647. The van der Waals surface area contributed by atoms with Crippen molar-refractivity contribution in [1.29, 1.82) is 0 Å². The number of urea groups is 1. The Bertz CT molecular complexity index is 1070. The van der Waals surface area contributed by atoms with Crippen LogP contribution in [0.5, 0.6) is 0 Å². The highest BCUT2D eigenvalue weighted by Crippen LogP contribution is 2.55. The Morgan fingerprint density at radius 2 is 1.46 bits per heavy atom. The third-order valence-corrected chi connectivity index (χ3v) is 9.60. The van der Waals surface area contributed by atoms with Crippen LogP contribution in [0.3, 0.4) is 0 Å². The smallest absolute Gasteiger partial charge is 0.329 e. The van der Waals surface area contributed by atoms with Crippen LogP contribution in [0, 0.1) is 17.8 Å². The fourth-order valence-corrected chi connectivity index (χ4v) is 8.10. The monoisotopic (exact) mass is 532 g/mol. The molecule has 1 unspecified atom stereocenters. The van der Waals surface area contributed by atoms with Gasteiger partial charge in [0.15, 0.2) is 0 Å². The maximum absolute atomic E-state index is 13.3. The minimum Gasteiger partial charge on any atom is -0.459 e. The van der Waals surface area contributed by atoms with Crippen molar-refractivity contribution >= 4 is 22.8 Å². The topological polar surface area (TPSA) is 67.4 Å². The van der Waals surface area contributed by atoms with Crippen molar-refractivity contribution in [2.75, 3.05) is 0 Å². The molecule has 1 atom stereocenters. The van der Waals surface area contributed by atoms with Crippen LogP contribution < -0.4 is 10.6 Å². The molecular weight excluding hydrogens is 484 g/mol. The summed E-state index contributed by atoms with van der Waals surface area (Å²) in [5.41, 5.74) is 0.916. The van der Waals surface area contributed by atoms with Gasteiger partial charge in [0, 0.05) is 5.54 Å². The minimum absolute atomic E-state index is 0.0747. The normalized spacial score (nSPS) is 25.9. The van der Waals surface area contributed by atoms with E-state index in [2.05, 4.69) is 35.8 Å². The predicted octanol–water partition coefficient (Wildman–Crippen LogP) is 8.05. The predicted molar refractivity (Wildman–Crippen MR) is 157 cm³/mol. The van der Waals surface area contributed by atoms with E-state index in [-0.39, 0.29) is 24.1 Å². The van der Waals surface area contributed by atoms with E-state index in [0.29, 0.717) is 6.42 Å². The van der Waals surface area contributed by atoms with Gasteiger partial charge in [0.2, 0.25) is 0 Å². The standard InChI is InChI=1S/C34H48N2O3/c1-2-3-4-5-6-7-8-9-17-31(32(37)39-24-29-15-12-14-28-13-10-11-16-30(28)29)35-33(38)36-34-21-25-18-26(22-34)20-27(19-25)23-34/h10-16,25-27,31H,2-9,17-24H2,1H3,(H2,35,36,38). The van der Waals surface area contributed by atoms with E-state index in [4.69, 9.17) is 4.74 Å². The van der Waals surface area contributed by atoms with E-state index in [1.165, 1.54) is 57.8 Å². The zero-order valence-corrected chi connectivity index (χ0v) is 23.9. The van der Waals surface area contributed by atoms with Crippen molar-refractivity contribution in [1.82, 2.24) is 10.6 Å². The molecule has 6 rings (SSSR count). The van der Waals surface area contributed by atoms with Gasteiger partial charge in [-0.1, -0.05) is 101 Å². The second-order valence-electron chi connectivity index (χ2n) is 12.9. The number of unbranched alkanes of at least 4 members (excludes halogenated alkanes) is 7. The quantitative estimate of drug-likeness (QED) is 0.191. The van der Waals surface area contributed by atoms with Crippen LogP contribution >= 0.6 is 0 Å². The van der Waals surface area contributed by atoms with Crippen LogP contribution in [0.1, 0.15) is 109 Å². The summed E-state index contributed by atoms with van der Waals surface area (Å²) < 4.78 is 5.83. The summed E-state index contributed by atoms with van der Waals surface area (Å²) in [6.07, 6.45) is 17.5. The number of rotatable bonds is 14. The Morgan fingerprint density at radius 3 is 2.15 bits per heavy atom. The van der Waals surface area contributed by atoms with Crippen LogP contribution in [0.4, 0.5) is 4.79 Å². The van der Waals surface area contributed by atoms with Crippen LogP contribution in [0.25, 0.3) is 10.8 Å². The zero-order valence-electron chi connectivity index (χ0n) is 23.9. The van der Waals surface area contributed by atoms with Crippen molar-refractivity contribution in [2.45, 2.75) is 121 Å². The summed E-state index contributed by atoms with van der Waals surface area (Å²) >= 11 is 0. The lowest BCUT2D eigenvalue weighted by atomic mass is 9.53. The highest BCUT2D eigenvalue weighted by atomic mass is 16.5. The molecule has 0 spiro atoms. The third-order valence-electron chi connectivity index (χ3n) is 9.60. The number of carbonyl (C=O) groups is 2. The highest BCUT2D eigenvalue weighted by molar-refractivity contribution is 5.86. The summed E-state index contributed by atoms with van der Waals surface area (Å²) in [4.78, 5) is 26.6. The van der Waals surface area contributed by atoms with E-state index < -0.39 is 6.04 Å². The lowest BCUT2D eigenvalue weighted by molar-refractivity contribution is -0.147. The summed E-state index contributed by atoms with van der Waals surface area (Å²) in [7, 11) is 0. The summed E-state index contributed by atoms with van der Waals surface area (Å²) in [5.74, 6) is 1.95. The molecule has 0 aromatic heterocycles. The molecule has 5 nitrogen and oxygen atoms in total. The Kier molecular flexibility index (Phi) is 9.47. The number of amides is 2. The number of nitrogens with one attached hydrogen (secondary N) is 2. The van der Waals surface area contributed by atoms with Gasteiger partial charge in [-0.2, -0.15) is 0 Å². The van der Waals surface area contributed by atoms with Crippen LogP contribution in [0.2, 0.25) is 0 Å². The largest absolute Gasteiger partial charge is 0.459 e. The number of carbonyl (C=O) groups excluding carboxylic acids is 2. The molecule has 0 aliphatic heterocycles. The maximum Gasteiger partial charge on any atom is 0.329 e. The average Bonchev–Trinajstić information content (AvgIpc) is 2.91. The van der Waals surface area contributed by atoms with E-state index >= 15 is 0 Å². The van der Waals surface area contributed by atoms with Gasteiger partial charge in [0.25, 0.3) is 0 Å². The van der Waals surface area contributed by atoms with Crippen LogP contribution in [0.15, 0.2) is 42.5 Å². The van der Waals surface area contributed by atoms with E-state index in [9.17, 15) is 9.59 Å². The van der Waals surface area contributed by atoms with Crippen molar-refractivity contribution in [3.63, 3.8) is 0 Å². The molecule has 2 N–H and O–H groups in total. The number of hydrogen-bond donors (Lipinski definition) is 2. The fourth-order valence-electron chi connectivity index (χ4n) is 8.10. The van der Waals surface area contributed by atoms with Crippen LogP contribution in [-0.4, -0.2) is 23.6 Å². The second kappa shape index (κ2) is 13.2. The van der Waals surface area contributed by atoms with Crippen molar-refractivity contribution < 1.29 is 14.3 Å². The molecule has 5 heteroatoms. The van der Waals surface area contributed by atoms with Gasteiger partial charge in [-0.05, 0) is 79.0 Å². The van der Waals surface area contributed by atoms with Crippen molar-refractivity contribution in [3.05, 3.63) is 48.0 Å². The summed E-state index contributed by atoms with van der Waals surface area (Å²) in [5, 5.41) is 8.67. The van der Waals surface area contributed by atoms with Gasteiger partial charge in [0.1, 0.15) is 12.6 Å². The lowest BCUT2D eigenvalue weighted by Crippen LogP contribution is -2.62. The molecule has 39 heavy (non-hydrogen) atoms. The van der Waals surface area contributed by atoms with Gasteiger partial charge >= 0.3 is 12.0 Å². The molecule has 2 aromatic rings. The maximum atomic E-state index is 13.3. The minimum atomic E-state index is -0.617. The molecule has 0 saturated heterocycles. The van der Waals surface area contributed by atoms with Gasteiger partial charge in [-0.15, -0.1) is 0 Å². The van der Waals surface area contributed by atoms with E-state index in [0.717, 1.165) is 66.2 Å². The van der Waals surface area contributed by atoms with Crippen molar-refractivity contribution in [2.24, 2.45) is 17.8 Å². The van der Waals surface area contributed by atoms with Gasteiger partial charge in [-0.3, -0.25) is 0 Å². The van der Waals surface area contributed by atoms with Crippen LogP contribution in [-0.2, 0) is 16.1 Å². The Balaban J connectivity index is 1.17. The molecule has 2 aromatic carbocycles. The van der Waals surface area contributed by atoms with E-state index in [1.54, 1.807) is 0 Å². The van der Waals surface area contributed by atoms with Gasteiger partial charge < -0.3 is 15.4 Å². The highest BCUT2D eigenvalue weighted by Gasteiger charge is 2.51. The molecule has 4 aliphatic carbocycles. The molecule has 4 saturated carbocycles. The number of esters is 1. The van der Waals surface area contributed by atoms with Gasteiger partial charge in [-0.25, -0.2) is 9.59 Å². The first-order valence-corrected chi connectivity index (χ1v) is 15.8. The Morgan fingerprint density at radius 1 is 0.846 bits per heavy atom. The first-order valence-electron chi connectivity index (χ1n) is 15.8. The Labute approximate surface area is 234 Å². The average molecular weight is 533 g/mol.